The molecule has 2 rings (SSSR count). The predicted octanol–water partition coefficient (Wildman–Crippen LogP) is 3.82. The van der Waals surface area contributed by atoms with Crippen molar-refractivity contribution in [2.45, 2.75) is 38.0 Å². The van der Waals surface area contributed by atoms with Gasteiger partial charge in [-0.25, -0.2) is 9.79 Å². The lowest BCUT2D eigenvalue weighted by molar-refractivity contribution is 0.187. The fourth-order valence-corrected chi connectivity index (χ4v) is 3.87. The van der Waals surface area contributed by atoms with Crippen LogP contribution in [0.3, 0.4) is 0 Å². The summed E-state index contributed by atoms with van der Waals surface area (Å²) in [7, 11) is 1.35. The summed E-state index contributed by atoms with van der Waals surface area (Å²) in [5.41, 5.74) is 1.78. The lowest BCUT2D eigenvalue weighted by Crippen LogP contribution is -2.43. The van der Waals surface area contributed by atoms with Gasteiger partial charge in [0, 0.05) is 23.5 Å². The maximum absolute atomic E-state index is 11.2. The second-order valence-electron chi connectivity index (χ2n) is 6.26. The van der Waals surface area contributed by atoms with Crippen LogP contribution in [0.5, 0.6) is 0 Å². The Kier molecular flexibility index (Phi) is 10.1. The Morgan fingerprint density at radius 1 is 1.31 bits per heavy atom. The minimum atomic E-state index is -0.470. The van der Waals surface area contributed by atoms with Crippen LogP contribution < -0.4 is 16.0 Å². The molecule has 1 saturated heterocycles. The van der Waals surface area contributed by atoms with E-state index in [9.17, 15) is 4.79 Å². The number of aliphatic imine (C=N–C) groups is 1. The second-order valence-corrected chi connectivity index (χ2v) is 7.95. The van der Waals surface area contributed by atoms with Gasteiger partial charge in [-0.15, -0.1) is 24.0 Å². The van der Waals surface area contributed by atoms with Crippen molar-refractivity contribution >= 4 is 53.5 Å². The van der Waals surface area contributed by atoms with E-state index >= 15 is 0 Å². The van der Waals surface area contributed by atoms with Gasteiger partial charge in [0.05, 0.1) is 13.7 Å². The minimum Gasteiger partial charge on any atom is -0.453 e. The molecular weight excluding hydrogens is 463 g/mol. The zero-order valence-electron chi connectivity index (χ0n) is 15.6. The number of amides is 1. The molecule has 1 aliphatic rings. The van der Waals surface area contributed by atoms with Gasteiger partial charge in [-0.2, -0.15) is 11.8 Å². The standard InChI is InChI=1S/C18H28N4O2S.HI/c1-4-19-16(21-13-18(2)10-5-11-25-18)20-12-14-6-8-15(9-7-14)22-17(23)24-3;/h6-9H,4-5,10-13H2,1-3H3,(H,22,23)(H2,19,20,21);1H. The third-order valence-electron chi connectivity index (χ3n) is 4.08. The van der Waals surface area contributed by atoms with Gasteiger partial charge in [0.2, 0.25) is 0 Å². The number of nitrogens with one attached hydrogen (secondary N) is 3. The lowest BCUT2D eigenvalue weighted by atomic mass is 10.1. The number of carbonyl (C=O) groups is 1. The molecule has 0 aliphatic carbocycles. The van der Waals surface area contributed by atoms with E-state index in [1.165, 1.54) is 25.7 Å². The molecule has 0 aromatic heterocycles. The highest BCUT2D eigenvalue weighted by molar-refractivity contribution is 14.0. The monoisotopic (exact) mass is 492 g/mol. The van der Waals surface area contributed by atoms with E-state index in [0.717, 1.165) is 24.6 Å². The summed E-state index contributed by atoms with van der Waals surface area (Å²) in [4.78, 5) is 15.8. The molecule has 146 valence electrons. The molecule has 1 atom stereocenters. The zero-order chi connectivity index (χ0) is 18.1. The molecule has 8 heteroatoms. The quantitative estimate of drug-likeness (QED) is 0.320. The third-order valence-corrected chi connectivity index (χ3v) is 5.62. The summed E-state index contributed by atoms with van der Waals surface area (Å²) < 4.78 is 4.88. The van der Waals surface area contributed by atoms with Crippen molar-refractivity contribution < 1.29 is 9.53 Å². The first-order chi connectivity index (χ1) is 12.0. The molecule has 0 radical (unpaired) electrons. The number of methoxy groups -OCH3 is 1. The topological polar surface area (TPSA) is 74.8 Å². The number of ether oxygens (including phenoxy) is 1. The number of carbonyl (C=O) groups excluding carboxylic acids is 1. The first-order valence-corrected chi connectivity index (χ1v) is 9.63. The van der Waals surface area contributed by atoms with E-state index in [4.69, 9.17) is 0 Å². The molecule has 1 fully saturated rings. The van der Waals surface area contributed by atoms with Crippen molar-refractivity contribution in [3.05, 3.63) is 29.8 Å². The minimum absolute atomic E-state index is 0. The number of anilines is 1. The molecule has 1 unspecified atom stereocenters. The van der Waals surface area contributed by atoms with Gasteiger partial charge in [0.25, 0.3) is 0 Å². The first kappa shape index (κ1) is 22.9. The van der Waals surface area contributed by atoms with Gasteiger partial charge in [-0.3, -0.25) is 5.32 Å². The molecule has 1 heterocycles. The van der Waals surface area contributed by atoms with Gasteiger partial charge in [-0.05, 0) is 50.1 Å². The van der Waals surface area contributed by atoms with E-state index < -0.39 is 6.09 Å². The van der Waals surface area contributed by atoms with Crippen LogP contribution in [0.25, 0.3) is 0 Å². The molecule has 6 nitrogen and oxygen atoms in total. The average Bonchev–Trinajstić information content (AvgIpc) is 3.05. The van der Waals surface area contributed by atoms with Crippen molar-refractivity contribution in [3.63, 3.8) is 0 Å². The highest BCUT2D eigenvalue weighted by Gasteiger charge is 2.29. The molecule has 3 N–H and O–H groups in total. The predicted molar refractivity (Wildman–Crippen MR) is 121 cm³/mol. The van der Waals surface area contributed by atoms with Crippen LogP contribution in [0.2, 0.25) is 0 Å². The largest absolute Gasteiger partial charge is 0.453 e. The average molecular weight is 492 g/mol. The fraction of sp³-hybridized carbons (Fsp3) is 0.556. The summed E-state index contributed by atoms with van der Waals surface area (Å²) in [5, 5.41) is 9.39. The van der Waals surface area contributed by atoms with E-state index in [2.05, 4.69) is 39.5 Å². The Bertz CT molecular complexity index is 589. The number of hydrogen-bond donors (Lipinski definition) is 3. The number of rotatable bonds is 6. The first-order valence-electron chi connectivity index (χ1n) is 8.65. The molecule has 1 aliphatic heterocycles. The third kappa shape index (κ3) is 7.61. The highest BCUT2D eigenvalue weighted by Crippen LogP contribution is 2.36. The van der Waals surface area contributed by atoms with E-state index in [0.29, 0.717) is 17.0 Å². The van der Waals surface area contributed by atoms with Crippen molar-refractivity contribution in [1.82, 2.24) is 10.6 Å². The number of thioether (sulfide) groups is 1. The number of hydrogen-bond acceptors (Lipinski definition) is 4. The molecule has 0 saturated carbocycles. The van der Waals surface area contributed by atoms with E-state index in [1.54, 1.807) is 0 Å². The molecule has 0 spiro atoms. The molecule has 1 aromatic carbocycles. The second kappa shape index (κ2) is 11.5. The van der Waals surface area contributed by atoms with Crippen molar-refractivity contribution in [1.29, 1.82) is 0 Å². The van der Waals surface area contributed by atoms with Crippen LogP contribution in [-0.2, 0) is 11.3 Å². The Balaban J connectivity index is 0.00000338. The smallest absolute Gasteiger partial charge is 0.411 e. The summed E-state index contributed by atoms with van der Waals surface area (Å²) in [5.74, 6) is 2.09. The summed E-state index contributed by atoms with van der Waals surface area (Å²) in [6.07, 6.45) is 2.07. The van der Waals surface area contributed by atoms with Crippen LogP contribution in [-0.4, -0.2) is 42.8 Å². The number of benzene rings is 1. The SMILES string of the molecule is CCNC(=NCc1ccc(NC(=O)OC)cc1)NCC1(C)CCCS1.I. The maximum Gasteiger partial charge on any atom is 0.411 e. The van der Waals surface area contributed by atoms with Crippen molar-refractivity contribution in [2.75, 3.05) is 31.3 Å². The lowest BCUT2D eigenvalue weighted by Gasteiger charge is -2.24. The van der Waals surface area contributed by atoms with Gasteiger partial charge < -0.3 is 15.4 Å². The maximum atomic E-state index is 11.2. The molecular formula is C18H29IN4O2S. The summed E-state index contributed by atoms with van der Waals surface area (Å²) in [6, 6.07) is 7.59. The van der Waals surface area contributed by atoms with Crippen molar-refractivity contribution in [3.8, 4) is 0 Å². The number of guanidine groups is 1. The van der Waals surface area contributed by atoms with Crippen LogP contribution >= 0.6 is 35.7 Å². The molecule has 26 heavy (non-hydrogen) atoms. The van der Waals surface area contributed by atoms with Crippen LogP contribution in [0, 0.1) is 0 Å². The Labute approximate surface area is 177 Å². The normalized spacial score (nSPS) is 19.4. The van der Waals surface area contributed by atoms with Crippen molar-refractivity contribution in [2.24, 2.45) is 4.99 Å². The highest BCUT2D eigenvalue weighted by atomic mass is 127. The van der Waals surface area contributed by atoms with E-state index in [-0.39, 0.29) is 24.0 Å². The zero-order valence-corrected chi connectivity index (χ0v) is 18.8. The Morgan fingerprint density at radius 3 is 2.62 bits per heavy atom. The molecule has 1 amide bonds. The Morgan fingerprint density at radius 2 is 2.04 bits per heavy atom. The fourth-order valence-electron chi connectivity index (χ4n) is 2.62. The van der Waals surface area contributed by atoms with Gasteiger partial charge >= 0.3 is 6.09 Å². The Hall–Kier alpha value is -1.16. The number of halogens is 1. The van der Waals surface area contributed by atoms with Gasteiger partial charge in [0.15, 0.2) is 5.96 Å². The van der Waals surface area contributed by atoms with E-state index in [1.807, 2.05) is 36.0 Å². The molecule has 1 aromatic rings. The van der Waals surface area contributed by atoms with Gasteiger partial charge in [0.1, 0.15) is 0 Å². The molecule has 0 bridgehead atoms. The van der Waals surface area contributed by atoms with Gasteiger partial charge in [-0.1, -0.05) is 12.1 Å². The summed E-state index contributed by atoms with van der Waals surface area (Å²) in [6.45, 7) is 6.71. The number of nitrogens with zero attached hydrogens (tertiary/aromatic N) is 1. The summed E-state index contributed by atoms with van der Waals surface area (Å²) >= 11 is 2.04. The van der Waals surface area contributed by atoms with Crippen LogP contribution in [0.1, 0.15) is 32.3 Å². The van der Waals surface area contributed by atoms with Crippen LogP contribution in [0.15, 0.2) is 29.3 Å². The van der Waals surface area contributed by atoms with Crippen LogP contribution in [0.4, 0.5) is 10.5 Å².